The maximum absolute atomic E-state index is 12.8. The third-order valence-corrected chi connectivity index (χ3v) is 12.7. The number of hydrogen-bond donors (Lipinski definition) is 0. The van der Waals surface area contributed by atoms with Crippen LogP contribution in [0.1, 0.15) is 310 Å². The zero-order valence-corrected chi connectivity index (χ0v) is 43.1. The third kappa shape index (κ3) is 50.9. The van der Waals surface area contributed by atoms with Crippen molar-refractivity contribution in [3.8, 4) is 0 Å². The monoisotopic (exact) mass is 901 g/mol. The molecule has 376 valence electrons. The molecule has 0 spiro atoms. The van der Waals surface area contributed by atoms with Gasteiger partial charge in [-0.1, -0.05) is 251 Å². The second kappa shape index (κ2) is 53.5. The second-order valence-electron chi connectivity index (χ2n) is 19.2. The number of carbonyl (C=O) groups is 3. The van der Waals surface area contributed by atoms with E-state index in [0.29, 0.717) is 19.3 Å². The van der Waals surface area contributed by atoms with E-state index in [1.54, 1.807) is 0 Å². The van der Waals surface area contributed by atoms with E-state index in [4.69, 9.17) is 14.2 Å². The fraction of sp³-hybridized carbons (Fsp3) is 0.879. The summed E-state index contributed by atoms with van der Waals surface area (Å²) in [5.41, 5.74) is 0. The Hall–Kier alpha value is -2.11. The molecule has 1 unspecified atom stereocenters. The fourth-order valence-corrected chi connectivity index (χ4v) is 8.38. The topological polar surface area (TPSA) is 78.9 Å². The number of esters is 3. The molecule has 6 heteroatoms. The van der Waals surface area contributed by atoms with Gasteiger partial charge in [-0.2, -0.15) is 0 Å². The van der Waals surface area contributed by atoms with Crippen molar-refractivity contribution in [2.75, 3.05) is 13.2 Å². The van der Waals surface area contributed by atoms with Crippen LogP contribution in [0.2, 0.25) is 0 Å². The van der Waals surface area contributed by atoms with Crippen LogP contribution in [0.5, 0.6) is 0 Å². The van der Waals surface area contributed by atoms with Gasteiger partial charge in [-0.15, -0.1) is 0 Å². The summed E-state index contributed by atoms with van der Waals surface area (Å²) in [5, 5.41) is 0. The zero-order valence-electron chi connectivity index (χ0n) is 43.1. The van der Waals surface area contributed by atoms with Crippen molar-refractivity contribution in [2.45, 2.75) is 316 Å². The lowest BCUT2D eigenvalue weighted by molar-refractivity contribution is -0.167. The number of rotatable bonds is 52. The van der Waals surface area contributed by atoms with Crippen molar-refractivity contribution < 1.29 is 28.6 Å². The molecule has 0 aromatic carbocycles. The molecule has 0 aliphatic carbocycles. The van der Waals surface area contributed by atoms with E-state index in [2.05, 4.69) is 45.1 Å². The number of unbranched alkanes of at least 4 members (excludes halogenated alkanes) is 37. The first-order valence-corrected chi connectivity index (χ1v) is 28.3. The first kappa shape index (κ1) is 61.9. The Morgan fingerprint density at radius 3 is 0.875 bits per heavy atom. The van der Waals surface area contributed by atoms with Crippen molar-refractivity contribution in [3.63, 3.8) is 0 Å². The average Bonchev–Trinajstić information content (AvgIpc) is 3.29. The van der Waals surface area contributed by atoms with Gasteiger partial charge in [0.1, 0.15) is 13.2 Å². The molecule has 0 aliphatic heterocycles. The van der Waals surface area contributed by atoms with Gasteiger partial charge in [-0.25, -0.2) is 0 Å². The smallest absolute Gasteiger partial charge is 0.306 e. The summed E-state index contributed by atoms with van der Waals surface area (Å²) in [7, 11) is 0. The first-order valence-electron chi connectivity index (χ1n) is 28.3. The lowest BCUT2D eigenvalue weighted by atomic mass is 10.0. The van der Waals surface area contributed by atoms with Crippen LogP contribution < -0.4 is 0 Å². The summed E-state index contributed by atoms with van der Waals surface area (Å²) in [6.07, 6.45) is 61.9. The average molecular weight is 901 g/mol. The summed E-state index contributed by atoms with van der Waals surface area (Å²) in [6.45, 7) is 6.58. The predicted molar refractivity (Wildman–Crippen MR) is 275 cm³/mol. The standard InChI is InChI=1S/C58H108O6/c1-4-7-10-13-16-19-22-24-25-26-27-28-29-30-31-32-33-34-35-37-39-42-45-48-51-57(60)63-54-55(53-62-56(59)50-47-44-41-38-21-18-15-12-9-6-3)64-58(61)52-49-46-43-40-36-23-20-17-14-11-8-5-2/h12,15,17,20,55H,4-11,13-14,16,18-19,21-54H2,1-3H3/b15-12-,20-17-. The van der Waals surface area contributed by atoms with Gasteiger partial charge in [0.05, 0.1) is 0 Å². The molecular weight excluding hydrogens is 793 g/mol. The molecule has 0 aliphatic rings. The quantitative estimate of drug-likeness (QED) is 0.0262. The van der Waals surface area contributed by atoms with E-state index >= 15 is 0 Å². The van der Waals surface area contributed by atoms with Gasteiger partial charge < -0.3 is 14.2 Å². The van der Waals surface area contributed by atoms with Gasteiger partial charge in [0.25, 0.3) is 0 Å². The Morgan fingerprint density at radius 1 is 0.297 bits per heavy atom. The van der Waals surface area contributed by atoms with Gasteiger partial charge in [-0.05, 0) is 64.2 Å². The van der Waals surface area contributed by atoms with E-state index in [9.17, 15) is 14.4 Å². The largest absolute Gasteiger partial charge is 0.462 e. The van der Waals surface area contributed by atoms with Crippen molar-refractivity contribution >= 4 is 17.9 Å². The molecule has 0 amide bonds. The molecular formula is C58H108O6. The van der Waals surface area contributed by atoms with Crippen LogP contribution in [0.4, 0.5) is 0 Å². The molecule has 1 atom stereocenters. The molecule has 6 nitrogen and oxygen atoms in total. The minimum absolute atomic E-state index is 0.0735. The number of hydrogen-bond acceptors (Lipinski definition) is 6. The minimum Gasteiger partial charge on any atom is -0.462 e. The van der Waals surface area contributed by atoms with Crippen LogP contribution in [-0.4, -0.2) is 37.2 Å². The highest BCUT2D eigenvalue weighted by molar-refractivity contribution is 5.71. The van der Waals surface area contributed by atoms with Crippen LogP contribution >= 0.6 is 0 Å². The first-order chi connectivity index (χ1) is 31.5. The Morgan fingerprint density at radius 2 is 0.547 bits per heavy atom. The molecule has 0 fully saturated rings. The lowest BCUT2D eigenvalue weighted by Gasteiger charge is -2.18. The van der Waals surface area contributed by atoms with Gasteiger partial charge >= 0.3 is 17.9 Å². The highest BCUT2D eigenvalue weighted by Gasteiger charge is 2.19. The predicted octanol–water partition coefficient (Wildman–Crippen LogP) is 18.7. The molecule has 64 heavy (non-hydrogen) atoms. The maximum atomic E-state index is 12.8. The summed E-state index contributed by atoms with van der Waals surface area (Å²) in [5.74, 6) is -0.879. The molecule has 0 saturated heterocycles. The van der Waals surface area contributed by atoms with Gasteiger partial charge in [0, 0.05) is 19.3 Å². The van der Waals surface area contributed by atoms with E-state index in [1.807, 2.05) is 0 Å². The van der Waals surface area contributed by atoms with Crippen molar-refractivity contribution in [3.05, 3.63) is 24.3 Å². The van der Waals surface area contributed by atoms with Crippen molar-refractivity contribution in [1.29, 1.82) is 0 Å². The fourth-order valence-electron chi connectivity index (χ4n) is 8.38. The van der Waals surface area contributed by atoms with E-state index in [-0.39, 0.29) is 31.1 Å². The molecule has 0 heterocycles. The van der Waals surface area contributed by atoms with Gasteiger partial charge in [0.2, 0.25) is 0 Å². The Labute approximate surface area is 398 Å². The van der Waals surface area contributed by atoms with Crippen LogP contribution in [0.25, 0.3) is 0 Å². The van der Waals surface area contributed by atoms with E-state index in [0.717, 1.165) is 77.0 Å². The Kier molecular flexibility index (Phi) is 51.7. The van der Waals surface area contributed by atoms with Crippen LogP contribution in [0.15, 0.2) is 24.3 Å². The molecule has 0 rings (SSSR count). The minimum atomic E-state index is -0.774. The SMILES string of the molecule is CCC/C=C\CCCCCCCC(=O)OCC(COC(=O)CCCCCCCCCCCCCCCCCCCCCCCCCC)OC(=O)CCCCCCC/C=C\CCCCC. The number of allylic oxidation sites excluding steroid dienone is 4. The number of ether oxygens (including phenoxy) is 3. The molecule has 0 N–H and O–H groups in total. The summed E-state index contributed by atoms with van der Waals surface area (Å²) < 4.78 is 16.8. The lowest BCUT2D eigenvalue weighted by Crippen LogP contribution is -2.30. The van der Waals surface area contributed by atoms with Crippen molar-refractivity contribution in [1.82, 2.24) is 0 Å². The molecule has 0 bridgehead atoms. The third-order valence-electron chi connectivity index (χ3n) is 12.7. The van der Waals surface area contributed by atoms with Crippen LogP contribution in [0.3, 0.4) is 0 Å². The second-order valence-corrected chi connectivity index (χ2v) is 19.2. The molecule has 0 saturated carbocycles. The Bertz CT molecular complexity index is 1040. The summed E-state index contributed by atoms with van der Waals surface area (Å²) >= 11 is 0. The highest BCUT2D eigenvalue weighted by atomic mass is 16.6. The number of carbonyl (C=O) groups excluding carboxylic acids is 3. The molecule has 0 radical (unpaired) electrons. The van der Waals surface area contributed by atoms with Crippen molar-refractivity contribution in [2.24, 2.45) is 0 Å². The molecule has 0 aromatic rings. The van der Waals surface area contributed by atoms with E-state index < -0.39 is 6.10 Å². The summed E-state index contributed by atoms with van der Waals surface area (Å²) in [6, 6.07) is 0. The van der Waals surface area contributed by atoms with Crippen LogP contribution in [0, 0.1) is 0 Å². The molecule has 0 aromatic heterocycles. The summed E-state index contributed by atoms with van der Waals surface area (Å²) in [4.78, 5) is 37.9. The van der Waals surface area contributed by atoms with E-state index in [1.165, 1.54) is 193 Å². The Balaban J connectivity index is 4.14. The van der Waals surface area contributed by atoms with Gasteiger partial charge in [-0.3, -0.25) is 14.4 Å². The zero-order chi connectivity index (χ0) is 46.5. The highest BCUT2D eigenvalue weighted by Crippen LogP contribution is 2.17. The normalized spacial score (nSPS) is 12.1. The van der Waals surface area contributed by atoms with Gasteiger partial charge in [0.15, 0.2) is 6.10 Å². The maximum Gasteiger partial charge on any atom is 0.306 e. The van der Waals surface area contributed by atoms with Crippen LogP contribution in [-0.2, 0) is 28.6 Å².